The summed E-state index contributed by atoms with van der Waals surface area (Å²) in [5, 5.41) is 2.99. The van der Waals surface area contributed by atoms with Crippen molar-refractivity contribution in [1.82, 2.24) is 4.90 Å². The molecule has 0 spiro atoms. The molecule has 1 fully saturated rings. The first kappa shape index (κ1) is 22.6. The van der Waals surface area contributed by atoms with Crippen LogP contribution in [0.5, 0.6) is 0 Å². The number of rotatable bonds is 7. The van der Waals surface area contributed by atoms with Crippen molar-refractivity contribution in [2.45, 2.75) is 25.8 Å². The van der Waals surface area contributed by atoms with E-state index in [2.05, 4.69) is 10.2 Å². The molecule has 1 heterocycles. The van der Waals surface area contributed by atoms with Crippen molar-refractivity contribution < 1.29 is 14.4 Å². The minimum atomic E-state index is -0.472. The van der Waals surface area contributed by atoms with E-state index in [1.54, 1.807) is 24.3 Å². The summed E-state index contributed by atoms with van der Waals surface area (Å²) in [5.41, 5.74) is 2.82. The fourth-order valence-corrected chi connectivity index (χ4v) is 4.45. The molecule has 4 rings (SSSR count). The Bertz CT molecular complexity index is 1120. The highest BCUT2D eigenvalue weighted by molar-refractivity contribution is 5.99. The first-order chi connectivity index (χ1) is 16.0. The molecule has 0 bridgehead atoms. The van der Waals surface area contributed by atoms with Gasteiger partial charge >= 0.3 is 0 Å². The predicted molar refractivity (Wildman–Crippen MR) is 129 cm³/mol. The molecule has 5 nitrogen and oxygen atoms in total. The van der Waals surface area contributed by atoms with Gasteiger partial charge in [-0.2, -0.15) is 0 Å². The van der Waals surface area contributed by atoms with Gasteiger partial charge < -0.3 is 5.32 Å². The number of nitrogens with zero attached hydrogens (tertiary/aromatic N) is 1. The van der Waals surface area contributed by atoms with Crippen LogP contribution in [0.2, 0.25) is 0 Å². The molecule has 1 aliphatic heterocycles. The highest BCUT2D eigenvalue weighted by atomic mass is 16.2. The number of piperidine rings is 1. The number of ketones is 2. The van der Waals surface area contributed by atoms with Gasteiger partial charge in [0.05, 0.1) is 0 Å². The Labute approximate surface area is 194 Å². The summed E-state index contributed by atoms with van der Waals surface area (Å²) in [7, 11) is 0. The van der Waals surface area contributed by atoms with Crippen molar-refractivity contribution in [3.05, 3.63) is 102 Å². The number of Topliss-reactive ketones (excluding diaryl/α,β-unsaturated/α-hetero) is 2. The molecular weight excluding hydrogens is 412 g/mol. The lowest BCUT2D eigenvalue weighted by Gasteiger charge is -2.36. The Hall–Kier alpha value is -3.57. The van der Waals surface area contributed by atoms with Crippen molar-refractivity contribution in [3.63, 3.8) is 0 Å². The molecule has 33 heavy (non-hydrogen) atoms. The number of amides is 1. The van der Waals surface area contributed by atoms with Crippen LogP contribution in [0.25, 0.3) is 0 Å². The normalized spacial score (nSPS) is 15.5. The lowest BCUT2D eigenvalue weighted by Crippen LogP contribution is -2.43. The minimum absolute atomic E-state index is 0.0321. The van der Waals surface area contributed by atoms with Crippen LogP contribution in [0.1, 0.15) is 52.1 Å². The molecule has 1 amide bonds. The van der Waals surface area contributed by atoms with E-state index < -0.39 is 6.04 Å². The van der Waals surface area contributed by atoms with Crippen molar-refractivity contribution in [3.8, 4) is 0 Å². The summed E-state index contributed by atoms with van der Waals surface area (Å²) in [6.45, 7) is 2.82. The summed E-state index contributed by atoms with van der Waals surface area (Å²) in [5.74, 6) is -0.0435. The lowest BCUT2D eigenvalue weighted by atomic mass is 9.87. The SMILES string of the molecule is CC(=O)c1cccc(NC(=O)C(c2ccccc2)N2CCC(C(=O)c3ccccc3)CC2)c1. The Morgan fingerprint density at radius 1 is 0.818 bits per heavy atom. The van der Waals surface area contributed by atoms with E-state index in [9.17, 15) is 14.4 Å². The smallest absolute Gasteiger partial charge is 0.246 e. The van der Waals surface area contributed by atoms with Gasteiger partial charge in [0.1, 0.15) is 6.04 Å². The Kier molecular flexibility index (Phi) is 7.10. The topological polar surface area (TPSA) is 66.5 Å². The van der Waals surface area contributed by atoms with Crippen molar-refractivity contribution in [2.75, 3.05) is 18.4 Å². The Balaban J connectivity index is 1.50. The van der Waals surface area contributed by atoms with Gasteiger partial charge in [0, 0.05) is 22.7 Å². The fourth-order valence-electron chi connectivity index (χ4n) is 4.45. The zero-order valence-electron chi connectivity index (χ0n) is 18.7. The highest BCUT2D eigenvalue weighted by Crippen LogP contribution is 2.30. The summed E-state index contributed by atoms with van der Waals surface area (Å²) in [4.78, 5) is 40.2. The third-order valence-electron chi connectivity index (χ3n) is 6.22. The van der Waals surface area contributed by atoms with E-state index in [4.69, 9.17) is 0 Å². The molecule has 0 saturated carbocycles. The summed E-state index contributed by atoms with van der Waals surface area (Å²) < 4.78 is 0. The van der Waals surface area contributed by atoms with Gasteiger partial charge in [0.15, 0.2) is 11.6 Å². The maximum atomic E-state index is 13.4. The molecular formula is C28H28N2O3. The van der Waals surface area contributed by atoms with Crippen LogP contribution in [0, 0.1) is 5.92 Å². The molecule has 1 saturated heterocycles. The number of anilines is 1. The minimum Gasteiger partial charge on any atom is -0.324 e. The molecule has 3 aromatic rings. The number of benzene rings is 3. The van der Waals surface area contributed by atoms with Crippen molar-refractivity contribution in [1.29, 1.82) is 0 Å². The van der Waals surface area contributed by atoms with Crippen LogP contribution in [-0.2, 0) is 4.79 Å². The van der Waals surface area contributed by atoms with E-state index in [0.29, 0.717) is 37.2 Å². The third kappa shape index (κ3) is 5.44. The zero-order valence-corrected chi connectivity index (χ0v) is 18.7. The number of likely N-dealkylation sites (tertiary alicyclic amines) is 1. The van der Waals surface area contributed by atoms with E-state index in [0.717, 1.165) is 11.1 Å². The van der Waals surface area contributed by atoms with E-state index in [-0.39, 0.29) is 23.4 Å². The van der Waals surface area contributed by atoms with Gasteiger partial charge in [0.25, 0.3) is 0 Å². The van der Waals surface area contributed by atoms with Gasteiger partial charge in [-0.15, -0.1) is 0 Å². The molecule has 0 radical (unpaired) electrons. The fraction of sp³-hybridized carbons (Fsp3) is 0.250. The highest BCUT2D eigenvalue weighted by Gasteiger charge is 2.33. The molecule has 1 N–H and O–H groups in total. The number of hydrogen-bond donors (Lipinski definition) is 1. The average molecular weight is 441 g/mol. The van der Waals surface area contributed by atoms with Crippen molar-refractivity contribution >= 4 is 23.2 Å². The predicted octanol–water partition coefficient (Wildman–Crippen LogP) is 5.16. The number of nitrogens with one attached hydrogen (secondary N) is 1. The average Bonchev–Trinajstić information content (AvgIpc) is 2.85. The first-order valence-corrected chi connectivity index (χ1v) is 11.3. The number of hydrogen-bond acceptors (Lipinski definition) is 4. The maximum Gasteiger partial charge on any atom is 0.246 e. The van der Waals surface area contributed by atoms with Gasteiger partial charge in [-0.1, -0.05) is 72.8 Å². The van der Waals surface area contributed by atoms with Gasteiger partial charge in [0.2, 0.25) is 5.91 Å². The standard InChI is InChI=1S/C28H28N2O3/c1-20(31)24-13-8-14-25(19-24)29-28(33)26(21-9-4-2-5-10-21)30-17-15-23(16-18-30)27(32)22-11-6-3-7-12-22/h2-14,19,23,26H,15-18H2,1H3,(H,29,33). The second-order valence-corrected chi connectivity index (χ2v) is 8.48. The zero-order chi connectivity index (χ0) is 23.2. The van der Waals surface area contributed by atoms with Crippen molar-refractivity contribution in [2.24, 2.45) is 5.92 Å². The first-order valence-electron chi connectivity index (χ1n) is 11.3. The second kappa shape index (κ2) is 10.4. The van der Waals surface area contributed by atoms with Crippen LogP contribution in [0.4, 0.5) is 5.69 Å². The maximum absolute atomic E-state index is 13.4. The summed E-state index contributed by atoms with van der Waals surface area (Å²) >= 11 is 0. The third-order valence-corrected chi connectivity index (χ3v) is 6.22. The van der Waals surface area contributed by atoms with Crippen LogP contribution >= 0.6 is 0 Å². The van der Waals surface area contributed by atoms with E-state index >= 15 is 0 Å². The molecule has 1 atom stereocenters. The van der Waals surface area contributed by atoms with Gasteiger partial charge in [-0.05, 0) is 50.6 Å². The van der Waals surface area contributed by atoms with Crippen LogP contribution in [0.15, 0.2) is 84.9 Å². The quantitative estimate of drug-likeness (QED) is 0.515. The molecule has 168 valence electrons. The van der Waals surface area contributed by atoms with E-state index in [1.165, 1.54) is 6.92 Å². The summed E-state index contributed by atoms with van der Waals surface area (Å²) in [6.07, 6.45) is 1.42. The van der Waals surface area contributed by atoms with Crippen LogP contribution in [0.3, 0.4) is 0 Å². The number of carbonyl (C=O) groups is 3. The van der Waals surface area contributed by atoms with E-state index in [1.807, 2.05) is 60.7 Å². The van der Waals surface area contributed by atoms with Crippen LogP contribution in [-0.4, -0.2) is 35.5 Å². The Morgan fingerprint density at radius 3 is 2.06 bits per heavy atom. The monoisotopic (exact) mass is 440 g/mol. The molecule has 0 aliphatic carbocycles. The molecule has 0 aromatic heterocycles. The lowest BCUT2D eigenvalue weighted by molar-refractivity contribution is -0.122. The molecule has 3 aromatic carbocycles. The van der Waals surface area contributed by atoms with Gasteiger partial charge in [-0.3, -0.25) is 19.3 Å². The van der Waals surface area contributed by atoms with Gasteiger partial charge in [-0.25, -0.2) is 0 Å². The largest absolute Gasteiger partial charge is 0.324 e. The molecule has 1 aliphatic rings. The summed E-state index contributed by atoms with van der Waals surface area (Å²) in [6, 6.07) is 25.6. The molecule has 1 unspecified atom stereocenters. The molecule has 5 heteroatoms. The second-order valence-electron chi connectivity index (χ2n) is 8.48. The number of carbonyl (C=O) groups excluding carboxylic acids is 3. The van der Waals surface area contributed by atoms with Crippen LogP contribution < -0.4 is 5.32 Å². The Morgan fingerprint density at radius 2 is 1.42 bits per heavy atom.